The number of halogens is 1. The quantitative estimate of drug-likeness (QED) is 0.901. The van der Waals surface area contributed by atoms with Crippen molar-refractivity contribution in [3.63, 3.8) is 0 Å². The number of anilines is 1. The lowest BCUT2D eigenvalue weighted by Gasteiger charge is -2.31. The first-order chi connectivity index (χ1) is 10.5. The van der Waals surface area contributed by atoms with Crippen LogP contribution in [0.4, 0.5) is 14.9 Å². The SMILES string of the molecule is CC(C)NC(=O)N1CCC(C(=O)Nc2ccc(F)cc2)CC1. The Morgan fingerprint density at radius 2 is 1.77 bits per heavy atom. The molecule has 0 bridgehead atoms. The molecule has 1 aliphatic heterocycles. The van der Waals surface area contributed by atoms with Gasteiger partial charge in [-0.15, -0.1) is 0 Å². The van der Waals surface area contributed by atoms with Crippen LogP contribution in [0.25, 0.3) is 0 Å². The highest BCUT2D eigenvalue weighted by Crippen LogP contribution is 2.19. The summed E-state index contributed by atoms with van der Waals surface area (Å²) in [5, 5.41) is 5.64. The molecule has 120 valence electrons. The average molecular weight is 307 g/mol. The van der Waals surface area contributed by atoms with E-state index in [0.29, 0.717) is 31.6 Å². The Morgan fingerprint density at radius 3 is 2.32 bits per heavy atom. The molecule has 1 heterocycles. The number of nitrogens with one attached hydrogen (secondary N) is 2. The highest BCUT2D eigenvalue weighted by Gasteiger charge is 2.27. The standard InChI is InChI=1S/C16H22FN3O2/c1-11(2)18-16(22)20-9-7-12(8-10-20)15(21)19-14-5-3-13(17)4-6-14/h3-6,11-12H,7-10H2,1-2H3,(H,18,22)(H,19,21). The number of urea groups is 1. The van der Waals surface area contributed by atoms with Crippen molar-refractivity contribution in [1.29, 1.82) is 0 Å². The van der Waals surface area contributed by atoms with Crippen LogP contribution in [0.2, 0.25) is 0 Å². The van der Waals surface area contributed by atoms with Crippen molar-refractivity contribution in [3.8, 4) is 0 Å². The van der Waals surface area contributed by atoms with Gasteiger partial charge in [-0.05, 0) is 51.0 Å². The van der Waals surface area contributed by atoms with Crippen LogP contribution < -0.4 is 10.6 Å². The number of carbonyl (C=O) groups is 2. The monoisotopic (exact) mass is 307 g/mol. The van der Waals surface area contributed by atoms with Crippen molar-refractivity contribution in [3.05, 3.63) is 30.1 Å². The molecule has 1 saturated heterocycles. The second-order valence-electron chi connectivity index (χ2n) is 5.86. The van der Waals surface area contributed by atoms with Crippen LogP contribution in [-0.2, 0) is 4.79 Å². The van der Waals surface area contributed by atoms with Crippen molar-refractivity contribution in [2.45, 2.75) is 32.7 Å². The number of carbonyl (C=O) groups excluding carboxylic acids is 2. The van der Waals surface area contributed by atoms with Gasteiger partial charge < -0.3 is 15.5 Å². The molecule has 1 fully saturated rings. The molecule has 3 amide bonds. The van der Waals surface area contributed by atoms with E-state index < -0.39 is 0 Å². The average Bonchev–Trinajstić information content (AvgIpc) is 2.49. The molecule has 6 heteroatoms. The van der Waals surface area contributed by atoms with Crippen LogP contribution in [0.1, 0.15) is 26.7 Å². The number of hydrogen-bond donors (Lipinski definition) is 2. The van der Waals surface area contributed by atoms with Gasteiger partial charge in [-0.2, -0.15) is 0 Å². The Bertz CT molecular complexity index is 523. The third-order valence-corrected chi connectivity index (χ3v) is 3.68. The maximum Gasteiger partial charge on any atom is 0.317 e. The van der Waals surface area contributed by atoms with Gasteiger partial charge in [-0.3, -0.25) is 4.79 Å². The zero-order chi connectivity index (χ0) is 16.1. The van der Waals surface area contributed by atoms with Crippen molar-refractivity contribution in [1.82, 2.24) is 10.2 Å². The third-order valence-electron chi connectivity index (χ3n) is 3.68. The number of benzene rings is 1. The molecule has 0 spiro atoms. The summed E-state index contributed by atoms with van der Waals surface area (Å²) in [5.41, 5.74) is 0.589. The topological polar surface area (TPSA) is 61.4 Å². The summed E-state index contributed by atoms with van der Waals surface area (Å²) >= 11 is 0. The van der Waals surface area contributed by atoms with Crippen LogP contribution in [0, 0.1) is 11.7 Å². The second kappa shape index (κ2) is 7.24. The van der Waals surface area contributed by atoms with Crippen molar-refractivity contribution in [2.75, 3.05) is 18.4 Å². The van der Waals surface area contributed by atoms with Gasteiger partial charge in [0.2, 0.25) is 5.91 Å². The number of hydrogen-bond acceptors (Lipinski definition) is 2. The predicted molar refractivity (Wildman–Crippen MR) is 83.0 cm³/mol. The molecule has 0 unspecified atom stereocenters. The van der Waals surface area contributed by atoms with E-state index in [-0.39, 0.29) is 29.7 Å². The lowest BCUT2D eigenvalue weighted by molar-refractivity contribution is -0.121. The van der Waals surface area contributed by atoms with Gasteiger partial charge >= 0.3 is 6.03 Å². The van der Waals surface area contributed by atoms with Gasteiger partial charge in [-0.1, -0.05) is 0 Å². The summed E-state index contributed by atoms with van der Waals surface area (Å²) < 4.78 is 12.8. The van der Waals surface area contributed by atoms with Crippen molar-refractivity contribution < 1.29 is 14.0 Å². The molecule has 0 radical (unpaired) electrons. The van der Waals surface area contributed by atoms with E-state index >= 15 is 0 Å². The third kappa shape index (κ3) is 4.44. The van der Waals surface area contributed by atoms with Crippen molar-refractivity contribution >= 4 is 17.6 Å². The first kappa shape index (κ1) is 16.3. The molecule has 1 aromatic carbocycles. The number of rotatable bonds is 3. The van der Waals surface area contributed by atoms with E-state index in [9.17, 15) is 14.0 Å². The molecule has 5 nitrogen and oxygen atoms in total. The van der Waals surface area contributed by atoms with Gasteiger partial charge in [-0.25, -0.2) is 9.18 Å². The Hall–Kier alpha value is -2.11. The van der Waals surface area contributed by atoms with Crippen LogP contribution in [0.3, 0.4) is 0 Å². The predicted octanol–water partition coefficient (Wildman–Crippen LogP) is 2.59. The fraction of sp³-hybridized carbons (Fsp3) is 0.500. The van der Waals surface area contributed by atoms with Gasteiger partial charge in [0.15, 0.2) is 0 Å². The van der Waals surface area contributed by atoms with E-state index in [4.69, 9.17) is 0 Å². The van der Waals surface area contributed by atoms with E-state index in [1.807, 2.05) is 13.8 Å². The van der Waals surface area contributed by atoms with E-state index in [2.05, 4.69) is 10.6 Å². The Kier molecular flexibility index (Phi) is 5.35. The Balaban J connectivity index is 1.82. The van der Waals surface area contributed by atoms with Crippen LogP contribution >= 0.6 is 0 Å². The molecule has 2 rings (SSSR count). The molecule has 0 atom stereocenters. The van der Waals surface area contributed by atoms with Gasteiger partial charge in [0.25, 0.3) is 0 Å². The summed E-state index contributed by atoms with van der Waals surface area (Å²) in [7, 11) is 0. The van der Waals surface area contributed by atoms with Gasteiger partial charge in [0.05, 0.1) is 0 Å². The zero-order valence-corrected chi connectivity index (χ0v) is 12.9. The summed E-state index contributed by atoms with van der Waals surface area (Å²) in [6.07, 6.45) is 1.27. The summed E-state index contributed by atoms with van der Waals surface area (Å²) in [5.74, 6) is -0.522. The second-order valence-corrected chi connectivity index (χ2v) is 5.86. The number of nitrogens with zero attached hydrogens (tertiary/aromatic N) is 1. The number of piperidine rings is 1. The lowest BCUT2D eigenvalue weighted by Crippen LogP contribution is -2.47. The summed E-state index contributed by atoms with van der Waals surface area (Å²) in [4.78, 5) is 25.8. The molecule has 0 aromatic heterocycles. The van der Waals surface area contributed by atoms with E-state index in [1.165, 1.54) is 12.1 Å². The molecular formula is C16H22FN3O2. The first-order valence-corrected chi connectivity index (χ1v) is 7.57. The smallest absolute Gasteiger partial charge is 0.317 e. The minimum absolute atomic E-state index is 0.0736. The van der Waals surface area contributed by atoms with E-state index in [1.54, 1.807) is 17.0 Å². The van der Waals surface area contributed by atoms with E-state index in [0.717, 1.165) is 0 Å². The van der Waals surface area contributed by atoms with Gasteiger partial charge in [0.1, 0.15) is 5.82 Å². The Labute approximate surface area is 129 Å². The van der Waals surface area contributed by atoms with Gasteiger partial charge in [0, 0.05) is 30.7 Å². The molecule has 1 aromatic rings. The number of amides is 3. The minimum Gasteiger partial charge on any atom is -0.336 e. The summed E-state index contributed by atoms with van der Waals surface area (Å²) in [6, 6.07) is 5.74. The van der Waals surface area contributed by atoms with Crippen LogP contribution in [-0.4, -0.2) is 36.0 Å². The highest BCUT2D eigenvalue weighted by molar-refractivity contribution is 5.92. The maximum absolute atomic E-state index is 12.8. The molecule has 1 aliphatic rings. The lowest BCUT2D eigenvalue weighted by atomic mass is 9.96. The molecule has 2 N–H and O–H groups in total. The fourth-order valence-electron chi connectivity index (χ4n) is 2.46. The molecule has 0 aliphatic carbocycles. The fourth-order valence-corrected chi connectivity index (χ4v) is 2.46. The molecular weight excluding hydrogens is 285 g/mol. The van der Waals surface area contributed by atoms with Crippen molar-refractivity contribution in [2.24, 2.45) is 5.92 Å². The highest BCUT2D eigenvalue weighted by atomic mass is 19.1. The maximum atomic E-state index is 12.8. The molecule has 0 saturated carbocycles. The minimum atomic E-state index is -0.331. The summed E-state index contributed by atoms with van der Waals surface area (Å²) in [6.45, 7) is 4.97. The van der Waals surface area contributed by atoms with Crippen LogP contribution in [0.5, 0.6) is 0 Å². The Morgan fingerprint density at radius 1 is 1.18 bits per heavy atom. The first-order valence-electron chi connectivity index (χ1n) is 7.57. The normalized spacial score (nSPS) is 15.7. The zero-order valence-electron chi connectivity index (χ0n) is 12.9. The van der Waals surface area contributed by atoms with Crippen LogP contribution in [0.15, 0.2) is 24.3 Å². The largest absolute Gasteiger partial charge is 0.336 e. The molecule has 22 heavy (non-hydrogen) atoms. The number of likely N-dealkylation sites (tertiary alicyclic amines) is 1.